The minimum absolute atomic E-state index is 0.260. The fourth-order valence-electron chi connectivity index (χ4n) is 2.09. The lowest BCUT2D eigenvalue weighted by molar-refractivity contribution is 0.0488. The second kappa shape index (κ2) is 5.22. The highest BCUT2D eigenvalue weighted by molar-refractivity contribution is 6.02. The van der Waals surface area contributed by atoms with Gasteiger partial charge in [0.15, 0.2) is 5.78 Å². The Hall–Kier alpha value is -1.93. The third-order valence-electron chi connectivity index (χ3n) is 3.54. The van der Waals surface area contributed by atoms with Crippen LogP contribution in [0.1, 0.15) is 35.3 Å². The molecule has 0 fully saturated rings. The van der Waals surface area contributed by atoms with E-state index in [0.717, 1.165) is 11.1 Å². The summed E-state index contributed by atoms with van der Waals surface area (Å²) in [6.07, 6.45) is 0. The van der Waals surface area contributed by atoms with Crippen molar-refractivity contribution in [2.75, 3.05) is 0 Å². The van der Waals surface area contributed by atoms with Crippen LogP contribution < -0.4 is 0 Å². The first-order valence-electron chi connectivity index (χ1n) is 6.74. The topological polar surface area (TPSA) is 37.3 Å². The predicted molar refractivity (Wildman–Crippen MR) is 82.0 cm³/mol. The van der Waals surface area contributed by atoms with E-state index in [4.69, 9.17) is 0 Å². The van der Waals surface area contributed by atoms with E-state index >= 15 is 0 Å². The van der Waals surface area contributed by atoms with Crippen molar-refractivity contribution < 1.29 is 9.90 Å². The molecular weight excluding hydrogens is 248 g/mol. The molecule has 2 heteroatoms. The lowest BCUT2D eigenvalue weighted by Gasteiger charge is -2.15. The molecule has 0 aliphatic heterocycles. The summed E-state index contributed by atoms with van der Waals surface area (Å²) in [6, 6.07) is 13.7. The van der Waals surface area contributed by atoms with Crippen molar-refractivity contribution in [3.05, 3.63) is 59.2 Å². The van der Waals surface area contributed by atoms with Crippen molar-refractivity contribution in [2.45, 2.75) is 33.3 Å². The Morgan fingerprint density at radius 1 is 0.900 bits per heavy atom. The standard InChI is InChI=1S/C18H20O2/c1-12-5-6-16(11-13(12)2)14-7-9-15(10-8-14)17(19)18(3,4)20/h5-11,20H,1-4H3. The molecule has 0 saturated carbocycles. The average molecular weight is 268 g/mol. The molecule has 0 radical (unpaired) electrons. The van der Waals surface area contributed by atoms with Gasteiger partial charge in [-0.15, -0.1) is 0 Å². The first-order chi connectivity index (χ1) is 9.29. The van der Waals surface area contributed by atoms with Gasteiger partial charge in [0, 0.05) is 5.56 Å². The van der Waals surface area contributed by atoms with E-state index in [0.29, 0.717) is 5.56 Å². The van der Waals surface area contributed by atoms with Crippen LogP contribution in [0.25, 0.3) is 11.1 Å². The zero-order valence-corrected chi connectivity index (χ0v) is 12.4. The van der Waals surface area contributed by atoms with Gasteiger partial charge in [-0.05, 0) is 49.9 Å². The molecule has 0 spiro atoms. The number of aliphatic hydroxyl groups is 1. The number of rotatable bonds is 3. The van der Waals surface area contributed by atoms with Crippen molar-refractivity contribution in [2.24, 2.45) is 0 Å². The third-order valence-corrected chi connectivity index (χ3v) is 3.54. The number of Topliss-reactive ketones (excluding diaryl/α,β-unsaturated/α-hetero) is 1. The van der Waals surface area contributed by atoms with Crippen molar-refractivity contribution in [1.29, 1.82) is 0 Å². The molecule has 0 atom stereocenters. The highest BCUT2D eigenvalue weighted by Crippen LogP contribution is 2.23. The second-order valence-corrected chi connectivity index (χ2v) is 5.76. The van der Waals surface area contributed by atoms with Gasteiger partial charge in [-0.1, -0.05) is 42.5 Å². The molecule has 2 nitrogen and oxygen atoms in total. The van der Waals surface area contributed by atoms with E-state index in [1.807, 2.05) is 12.1 Å². The average Bonchev–Trinajstić information content (AvgIpc) is 2.40. The second-order valence-electron chi connectivity index (χ2n) is 5.76. The summed E-state index contributed by atoms with van der Waals surface area (Å²) >= 11 is 0. The van der Waals surface area contributed by atoms with Crippen LogP contribution in [-0.4, -0.2) is 16.5 Å². The van der Waals surface area contributed by atoms with Gasteiger partial charge in [0.2, 0.25) is 0 Å². The molecule has 0 saturated heterocycles. The molecule has 0 bridgehead atoms. The largest absolute Gasteiger partial charge is 0.382 e. The van der Waals surface area contributed by atoms with E-state index in [1.165, 1.54) is 25.0 Å². The van der Waals surface area contributed by atoms with Gasteiger partial charge < -0.3 is 5.11 Å². The number of hydrogen-bond donors (Lipinski definition) is 1. The van der Waals surface area contributed by atoms with Crippen LogP contribution in [0.3, 0.4) is 0 Å². The molecule has 0 heterocycles. The van der Waals surface area contributed by atoms with Gasteiger partial charge in [0.05, 0.1) is 0 Å². The molecule has 1 N–H and O–H groups in total. The molecule has 2 aromatic rings. The smallest absolute Gasteiger partial charge is 0.193 e. The van der Waals surface area contributed by atoms with Crippen LogP contribution in [0.2, 0.25) is 0 Å². The minimum atomic E-state index is -1.33. The van der Waals surface area contributed by atoms with Crippen LogP contribution in [0.15, 0.2) is 42.5 Å². The van der Waals surface area contributed by atoms with E-state index in [1.54, 1.807) is 12.1 Å². The monoisotopic (exact) mass is 268 g/mol. The lowest BCUT2D eigenvalue weighted by Crippen LogP contribution is -2.30. The summed E-state index contributed by atoms with van der Waals surface area (Å²) in [5.74, 6) is -0.260. The van der Waals surface area contributed by atoms with Crippen molar-refractivity contribution in [3.63, 3.8) is 0 Å². The molecular formula is C18H20O2. The summed E-state index contributed by atoms with van der Waals surface area (Å²) in [6.45, 7) is 7.19. The molecule has 0 aromatic heterocycles. The first-order valence-corrected chi connectivity index (χ1v) is 6.74. The quantitative estimate of drug-likeness (QED) is 0.856. The number of carbonyl (C=O) groups is 1. The maximum atomic E-state index is 12.0. The Kier molecular flexibility index (Phi) is 3.78. The van der Waals surface area contributed by atoms with Crippen LogP contribution in [0.4, 0.5) is 0 Å². The molecule has 20 heavy (non-hydrogen) atoms. The van der Waals surface area contributed by atoms with Gasteiger partial charge in [-0.3, -0.25) is 4.79 Å². The van der Waals surface area contributed by atoms with Crippen molar-refractivity contribution in [1.82, 2.24) is 0 Å². The summed E-state index contributed by atoms with van der Waals surface area (Å²) in [5, 5.41) is 9.74. The number of hydrogen-bond acceptors (Lipinski definition) is 2. The molecule has 2 rings (SSSR count). The van der Waals surface area contributed by atoms with Gasteiger partial charge in [-0.2, -0.15) is 0 Å². The first kappa shape index (κ1) is 14.5. The minimum Gasteiger partial charge on any atom is -0.382 e. The maximum absolute atomic E-state index is 12.0. The van der Waals surface area contributed by atoms with Gasteiger partial charge in [0.1, 0.15) is 5.60 Å². The van der Waals surface area contributed by atoms with Crippen LogP contribution in [0, 0.1) is 13.8 Å². The van der Waals surface area contributed by atoms with Gasteiger partial charge >= 0.3 is 0 Å². The van der Waals surface area contributed by atoms with Gasteiger partial charge in [-0.25, -0.2) is 0 Å². The summed E-state index contributed by atoms with van der Waals surface area (Å²) in [5.41, 5.74) is 3.92. The normalized spacial score (nSPS) is 11.4. The summed E-state index contributed by atoms with van der Waals surface area (Å²) in [7, 11) is 0. The van der Waals surface area contributed by atoms with E-state index in [2.05, 4.69) is 32.0 Å². The Balaban J connectivity index is 2.33. The Bertz CT molecular complexity index is 631. The number of carbonyl (C=O) groups excluding carboxylic acids is 1. The van der Waals surface area contributed by atoms with E-state index < -0.39 is 5.60 Å². The van der Waals surface area contributed by atoms with E-state index in [-0.39, 0.29) is 5.78 Å². The zero-order chi connectivity index (χ0) is 14.9. The summed E-state index contributed by atoms with van der Waals surface area (Å²) in [4.78, 5) is 12.0. The molecule has 0 unspecified atom stereocenters. The van der Waals surface area contributed by atoms with Crippen molar-refractivity contribution in [3.8, 4) is 11.1 Å². The Morgan fingerprint density at radius 2 is 1.45 bits per heavy atom. The number of benzene rings is 2. The van der Waals surface area contributed by atoms with E-state index in [9.17, 15) is 9.90 Å². The molecule has 0 aliphatic carbocycles. The Labute approximate surface area is 120 Å². The van der Waals surface area contributed by atoms with Crippen molar-refractivity contribution >= 4 is 5.78 Å². The van der Waals surface area contributed by atoms with Crippen LogP contribution in [-0.2, 0) is 0 Å². The lowest BCUT2D eigenvalue weighted by atomic mass is 9.94. The van der Waals surface area contributed by atoms with Crippen LogP contribution in [0.5, 0.6) is 0 Å². The molecule has 0 amide bonds. The highest BCUT2D eigenvalue weighted by Gasteiger charge is 2.24. The Morgan fingerprint density at radius 3 is 1.95 bits per heavy atom. The fourth-order valence-corrected chi connectivity index (χ4v) is 2.09. The fraction of sp³-hybridized carbons (Fsp3) is 0.278. The molecule has 2 aromatic carbocycles. The van der Waals surface area contributed by atoms with Crippen LogP contribution >= 0.6 is 0 Å². The number of ketones is 1. The SMILES string of the molecule is Cc1ccc(-c2ccc(C(=O)C(C)(C)O)cc2)cc1C. The van der Waals surface area contributed by atoms with Gasteiger partial charge in [0.25, 0.3) is 0 Å². The third kappa shape index (κ3) is 2.97. The molecule has 104 valence electrons. The highest BCUT2D eigenvalue weighted by atomic mass is 16.3. The molecule has 0 aliphatic rings. The number of aryl methyl sites for hydroxylation is 2. The maximum Gasteiger partial charge on any atom is 0.193 e. The predicted octanol–water partition coefficient (Wildman–Crippen LogP) is 3.92. The summed E-state index contributed by atoms with van der Waals surface area (Å²) < 4.78 is 0. The zero-order valence-electron chi connectivity index (χ0n) is 12.4.